The van der Waals surface area contributed by atoms with Crippen LogP contribution in [0.15, 0.2) is 0 Å². The average Bonchev–Trinajstić information content (AvgIpc) is 2.75. The largest absolute Gasteiger partial charge is 0.350 e. The summed E-state index contributed by atoms with van der Waals surface area (Å²) in [5.74, 6) is -0.0563. The number of rotatable bonds is 2. The van der Waals surface area contributed by atoms with Crippen molar-refractivity contribution in [1.29, 1.82) is 0 Å². The van der Waals surface area contributed by atoms with Crippen LogP contribution in [-0.4, -0.2) is 37.0 Å². The first kappa shape index (κ1) is 9.45. The van der Waals surface area contributed by atoms with E-state index in [-0.39, 0.29) is 23.9 Å². The fraction of sp³-hybridized carbons (Fsp3) is 0.778. The molecule has 0 radical (unpaired) electrons. The fourth-order valence-corrected chi connectivity index (χ4v) is 1.89. The van der Waals surface area contributed by atoms with E-state index in [1.54, 1.807) is 0 Å². The van der Waals surface area contributed by atoms with Crippen LogP contribution < -0.4 is 16.0 Å². The third kappa shape index (κ3) is 2.04. The average molecular weight is 197 g/mol. The Morgan fingerprint density at radius 1 is 1.43 bits per heavy atom. The molecular formula is C9H15N3O2. The number of carbonyl (C=O) groups is 2. The van der Waals surface area contributed by atoms with E-state index in [1.165, 1.54) is 0 Å². The molecule has 0 aliphatic carbocycles. The molecule has 14 heavy (non-hydrogen) atoms. The van der Waals surface area contributed by atoms with Crippen molar-refractivity contribution >= 4 is 11.8 Å². The van der Waals surface area contributed by atoms with E-state index in [0.717, 1.165) is 19.5 Å². The molecule has 2 atom stereocenters. The van der Waals surface area contributed by atoms with E-state index in [9.17, 15) is 9.59 Å². The molecule has 0 saturated carbocycles. The molecule has 3 N–H and O–H groups in total. The van der Waals surface area contributed by atoms with Crippen LogP contribution in [0.25, 0.3) is 0 Å². The maximum absolute atomic E-state index is 11.6. The van der Waals surface area contributed by atoms with E-state index in [1.807, 2.05) is 0 Å². The third-order valence-corrected chi connectivity index (χ3v) is 2.72. The predicted molar refractivity (Wildman–Crippen MR) is 50.6 cm³/mol. The minimum absolute atomic E-state index is 0.0188. The van der Waals surface area contributed by atoms with Gasteiger partial charge in [0, 0.05) is 19.0 Å². The van der Waals surface area contributed by atoms with Gasteiger partial charge in [-0.3, -0.25) is 9.59 Å². The molecule has 2 aliphatic rings. The molecule has 2 heterocycles. The van der Waals surface area contributed by atoms with Crippen LogP contribution in [-0.2, 0) is 9.59 Å². The summed E-state index contributed by atoms with van der Waals surface area (Å²) in [5, 5.41) is 8.76. The Morgan fingerprint density at radius 2 is 2.29 bits per heavy atom. The maximum atomic E-state index is 11.6. The number of nitrogens with one attached hydrogen (secondary N) is 3. The summed E-state index contributed by atoms with van der Waals surface area (Å²) < 4.78 is 0. The van der Waals surface area contributed by atoms with Gasteiger partial charge >= 0.3 is 0 Å². The second kappa shape index (κ2) is 3.96. The van der Waals surface area contributed by atoms with Crippen molar-refractivity contribution in [2.45, 2.75) is 31.3 Å². The summed E-state index contributed by atoms with van der Waals surface area (Å²) in [6, 6.07) is -0.0666. The minimum atomic E-state index is -0.303. The zero-order chi connectivity index (χ0) is 9.97. The summed E-state index contributed by atoms with van der Waals surface area (Å²) in [6.45, 7) is 1.80. The van der Waals surface area contributed by atoms with E-state index in [2.05, 4.69) is 16.0 Å². The fourth-order valence-electron chi connectivity index (χ4n) is 1.89. The van der Waals surface area contributed by atoms with Crippen LogP contribution in [0.2, 0.25) is 0 Å². The molecule has 5 heteroatoms. The summed E-state index contributed by atoms with van der Waals surface area (Å²) in [5.41, 5.74) is 0. The van der Waals surface area contributed by atoms with Crippen LogP contribution in [0.4, 0.5) is 0 Å². The molecule has 2 aliphatic heterocycles. The second-order valence-electron chi connectivity index (χ2n) is 3.86. The lowest BCUT2D eigenvalue weighted by Crippen LogP contribution is -2.46. The monoisotopic (exact) mass is 197 g/mol. The van der Waals surface area contributed by atoms with E-state index in [0.29, 0.717) is 12.8 Å². The lowest BCUT2D eigenvalue weighted by atomic mass is 10.2. The molecule has 1 unspecified atom stereocenters. The Balaban J connectivity index is 1.80. The van der Waals surface area contributed by atoms with E-state index >= 15 is 0 Å². The predicted octanol–water partition coefficient (Wildman–Crippen LogP) is -1.26. The van der Waals surface area contributed by atoms with Crippen LogP contribution in [0.5, 0.6) is 0 Å². The van der Waals surface area contributed by atoms with Gasteiger partial charge in [0.1, 0.15) is 6.04 Å². The van der Waals surface area contributed by atoms with Gasteiger partial charge in [-0.25, -0.2) is 0 Å². The van der Waals surface area contributed by atoms with Gasteiger partial charge in [-0.2, -0.15) is 0 Å². The van der Waals surface area contributed by atoms with Gasteiger partial charge in [0.05, 0.1) is 0 Å². The zero-order valence-corrected chi connectivity index (χ0v) is 8.01. The quantitative estimate of drug-likeness (QED) is 0.517. The van der Waals surface area contributed by atoms with Crippen LogP contribution in [0, 0.1) is 0 Å². The maximum Gasteiger partial charge on any atom is 0.242 e. The molecule has 2 fully saturated rings. The minimum Gasteiger partial charge on any atom is -0.350 e. The van der Waals surface area contributed by atoms with Crippen molar-refractivity contribution in [3.8, 4) is 0 Å². The molecule has 78 valence electrons. The third-order valence-electron chi connectivity index (χ3n) is 2.72. The van der Waals surface area contributed by atoms with Gasteiger partial charge in [-0.05, 0) is 19.4 Å². The van der Waals surface area contributed by atoms with Crippen LogP contribution in [0.1, 0.15) is 19.3 Å². The lowest BCUT2D eigenvalue weighted by Gasteiger charge is -2.15. The molecule has 5 nitrogen and oxygen atoms in total. The molecule has 2 rings (SSSR count). The van der Waals surface area contributed by atoms with Crippen molar-refractivity contribution in [3.63, 3.8) is 0 Å². The van der Waals surface area contributed by atoms with Gasteiger partial charge in [-0.15, -0.1) is 0 Å². The van der Waals surface area contributed by atoms with Crippen molar-refractivity contribution in [2.24, 2.45) is 0 Å². The highest BCUT2D eigenvalue weighted by atomic mass is 16.2. The molecule has 2 saturated heterocycles. The van der Waals surface area contributed by atoms with Crippen LogP contribution >= 0.6 is 0 Å². The van der Waals surface area contributed by atoms with Gasteiger partial charge in [0.15, 0.2) is 0 Å². The highest BCUT2D eigenvalue weighted by Crippen LogP contribution is 2.07. The molecule has 2 amide bonds. The second-order valence-corrected chi connectivity index (χ2v) is 3.86. The Hall–Kier alpha value is -1.10. The van der Waals surface area contributed by atoms with Crippen LogP contribution in [0.3, 0.4) is 0 Å². The van der Waals surface area contributed by atoms with Crippen molar-refractivity contribution in [1.82, 2.24) is 16.0 Å². The summed E-state index contributed by atoms with van der Waals surface area (Å²) in [4.78, 5) is 22.5. The lowest BCUT2D eigenvalue weighted by molar-refractivity contribution is -0.126. The first-order valence-electron chi connectivity index (χ1n) is 5.06. The number of carbonyl (C=O) groups excluding carboxylic acids is 2. The summed E-state index contributed by atoms with van der Waals surface area (Å²) >= 11 is 0. The van der Waals surface area contributed by atoms with Gasteiger partial charge in [0.25, 0.3) is 0 Å². The van der Waals surface area contributed by atoms with Gasteiger partial charge in [-0.1, -0.05) is 0 Å². The molecular weight excluding hydrogens is 182 g/mol. The van der Waals surface area contributed by atoms with Crippen molar-refractivity contribution in [2.75, 3.05) is 13.1 Å². The Morgan fingerprint density at radius 3 is 2.86 bits per heavy atom. The van der Waals surface area contributed by atoms with E-state index in [4.69, 9.17) is 0 Å². The molecule has 0 bridgehead atoms. The molecule has 0 aromatic carbocycles. The smallest absolute Gasteiger partial charge is 0.242 e. The van der Waals surface area contributed by atoms with Gasteiger partial charge in [0.2, 0.25) is 11.8 Å². The standard InChI is InChI=1S/C9H15N3O2/c13-8-2-1-7(12-8)9(14)11-6-3-4-10-5-6/h6-7,10H,1-5H2,(H,11,14)(H,12,13)/t6?,7-/m1/s1. The molecule has 0 aromatic heterocycles. The first-order valence-corrected chi connectivity index (χ1v) is 5.06. The summed E-state index contributed by atoms with van der Waals surface area (Å²) in [7, 11) is 0. The topological polar surface area (TPSA) is 70.2 Å². The van der Waals surface area contributed by atoms with Gasteiger partial charge < -0.3 is 16.0 Å². The molecule has 0 aromatic rings. The number of hydrogen-bond donors (Lipinski definition) is 3. The Bertz CT molecular complexity index is 248. The highest BCUT2D eigenvalue weighted by molar-refractivity contribution is 5.90. The zero-order valence-electron chi connectivity index (χ0n) is 8.01. The van der Waals surface area contributed by atoms with Crippen molar-refractivity contribution in [3.05, 3.63) is 0 Å². The van der Waals surface area contributed by atoms with E-state index < -0.39 is 0 Å². The number of hydrogen-bond acceptors (Lipinski definition) is 3. The first-order chi connectivity index (χ1) is 6.75. The Labute approximate surface area is 82.6 Å². The normalized spacial score (nSPS) is 31.6. The molecule has 0 spiro atoms. The highest BCUT2D eigenvalue weighted by Gasteiger charge is 2.28. The Kier molecular flexibility index (Phi) is 2.67. The SMILES string of the molecule is O=C1CC[C@H](C(=O)NC2CCNC2)N1. The summed E-state index contributed by atoms with van der Waals surface area (Å²) in [6.07, 6.45) is 2.08. The number of amides is 2. The van der Waals surface area contributed by atoms with Crippen molar-refractivity contribution < 1.29 is 9.59 Å².